The highest BCUT2D eigenvalue weighted by Crippen LogP contribution is 2.31. The van der Waals surface area contributed by atoms with Gasteiger partial charge in [0.05, 0.1) is 17.8 Å². The minimum Gasteiger partial charge on any atom is -0.225 e. The first kappa shape index (κ1) is 12.6. The molecule has 0 spiro atoms. The lowest BCUT2D eigenvalue weighted by molar-refractivity contribution is -0.617. The summed E-state index contributed by atoms with van der Waals surface area (Å²) in [6.45, 7) is 2.18. The van der Waals surface area contributed by atoms with Crippen LogP contribution in [0.2, 0.25) is 0 Å². The van der Waals surface area contributed by atoms with E-state index in [9.17, 15) is 0 Å². The predicted molar refractivity (Wildman–Crippen MR) is 93.6 cm³/mol. The summed E-state index contributed by atoms with van der Waals surface area (Å²) in [5.41, 5.74) is 5.91. The summed E-state index contributed by atoms with van der Waals surface area (Å²) >= 11 is 0. The molecule has 110 valence electrons. The zero-order valence-electron chi connectivity index (χ0n) is 13.1. The summed E-state index contributed by atoms with van der Waals surface area (Å²) in [6, 6.07) is 19.2. The third-order valence-electron chi connectivity index (χ3n) is 4.80. The molecule has 0 saturated heterocycles. The predicted octanol–water partition coefficient (Wildman–Crippen LogP) is 3.93. The molecule has 0 N–H and O–H groups in total. The second kappa shape index (κ2) is 4.29. The molecular formula is C20H16N3+. The van der Waals surface area contributed by atoms with Crippen molar-refractivity contribution < 1.29 is 4.57 Å². The third kappa shape index (κ3) is 1.49. The standard InChI is InChI=1S/C20H16N3/c1-13-7-5-8-14-15-9-6-12-21-19(15)23-17-11-4-3-10-16(17)22(2)20(23)18(13)14/h3-12H,1-2H3/q+1. The highest BCUT2D eigenvalue weighted by molar-refractivity contribution is 6.12. The van der Waals surface area contributed by atoms with Crippen molar-refractivity contribution in [1.82, 2.24) is 9.38 Å². The summed E-state index contributed by atoms with van der Waals surface area (Å²) in [5, 5.41) is 3.76. The molecule has 23 heavy (non-hydrogen) atoms. The van der Waals surface area contributed by atoms with Gasteiger partial charge in [0.15, 0.2) is 11.0 Å². The Morgan fingerprint density at radius 3 is 2.65 bits per heavy atom. The van der Waals surface area contributed by atoms with Crippen LogP contribution in [-0.2, 0) is 7.05 Å². The Bertz CT molecular complexity index is 1230. The molecule has 0 aliphatic heterocycles. The number of benzene rings is 2. The SMILES string of the molecule is Cc1cccc2c3cccnc3n3c4ccccc4[n+](C)c3c12. The van der Waals surface area contributed by atoms with Gasteiger partial charge in [-0.25, -0.2) is 9.55 Å². The molecule has 3 nitrogen and oxygen atoms in total. The molecule has 3 heteroatoms. The maximum absolute atomic E-state index is 4.70. The molecule has 0 bridgehead atoms. The Morgan fingerprint density at radius 2 is 1.74 bits per heavy atom. The van der Waals surface area contributed by atoms with E-state index in [2.05, 4.69) is 71.5 Å². The number of rotatable bonds is 0. The van der Waals surface area contributed by atoms with Gasteiger partial charge < -0.3 is 0 Å². The molecule has 0 atom stereocenters. The maximum Gasteiger partial charge on any atom is 0.297 e. The van der Waals surface area contributed by atoms with Gasteiger partial charge in [-0.3, -0.25) is 0 Å². The molecule has 0 fully saturated rings. The first-order chi connectivity index (χ1) is 11.3. The topological polar surface area (TPSA) is 21.2 Å². The number of imidazole rings is 1. The fourth-order valence-electron chi connectivity index (χ4n) is 3.78. The molecule has 0 unspecified atom stereocenters. The van der Waals surface area contributed by atoms with Crippen LogP contribution in [0.3, 0.4) is 0 Å². The van der Waals surface area contributed by atoms with Gasteiger partial charge in [0.2, 0.25) is 5.65 Å². The van der Waals surface area contributed by atoms with Gasteiger partial charge >= 0.3 is 0 Å². The Kier molecular flexibility index (Phi) is 2.35. The molecule has 3 heterocycles. The lowest BCUT2D eigenvalue weighted by Gasteiger charge is -2.05. The largest absolute Gasteiger partial charge is 0.297 e. The monoisotopic (exact) mass is 298 g/mol. The zero-order chi connectivity index (χ0) is 15.6. The number of aromatic nitrogens is 3. The quantitative estimate of drug-likeness (QED) is 0.313. The van der Waals surface area contributed by atoms with E-state index in [1.807, 2.05) is 12.3 Å². The molecule has 3 aromatic heterocycles. The first-order valence-electron chi connectivity index (χ1n) is 7.82. The van der Waals surface area contributed by atoms with E-state index in [4.69, 9.17) is 4.98 Å². The average Bonchev–Trinajstić information content (AvgIpc) is 2.89. The second-order valence-corrected chi connectivity index (χ2v) is 6.08. The molecule has 0 saturated carbocycles. The second-order valence-electron chi connectivity index (χ2n) is 6.08. The molecule has 0 aliphatic carbocycles. The number of para-hydroxylation sites is 2. The first-order valence-corrected chi connectivity index (χ1v) is 7.82. The van der Waals surface area contributed by atoms with Gasteiger partial charge in [-0.05, 0) is 36.8 Å². The Hall–Kier alpha value is -2.94. The number of hydrogen-bond donors (Lipinski definition) is 0. The van der Waals surface area contributed by atoms with Crippen molar-refractivity contribution in [2.45, 2.75) is 6.92 Å². The van der Waals surface area contributed by atoms with Gasteiger partial charge in [0, 0.05) is 11.6 Å². The van der Waals surface area contributed by atoms with Gasteiger partial charge in [-0.1, -0.05) is 30.3 Å². The van der Waals surface area contributed by atoms with Crippen molar-refractivity contribution in [2.24, 2.45) is 7.05 Å². The zero-order valence-corrected chi connectivity index (χ0v) is 13.1. The van der Waals surface area contributed by atoms with Crippen molar-refractivity contribution in [2.75, 3.05) is 0 Å². The van der Waals surface area contributed by atoms with Crippen molar-refractivity contribution in [1.29, 1.82) is 0 Å². The van der Waals surface area contributed by atoms with Crippen LogP contribution < -0.4 is 4.57 Å². The molecule has 2 aromatic carbocycles. The lowest BCUT2D eigenvalue weighted by atomic mass is 10.0. The molecule has 5 rings (SSSR count). The molecule has 5 aromatic rings. The smallest absolute Gasteiger partial charge is 0.225 e. The number of pyridine rings is 2. The van der Waals surface area contributed by atoms with Crippen LogP contribution in [0.15, 0.2) is 60.8 Å². The number of nitrogens with zero attached hydrogens (tertiary/aromatic N) is 3. The normalized spacial score (nSPS) is 11.9. The van der Waals surface area contributed by atoms with Crippen LogP contribution in [0, 0.1) is 6.92 Å². The van der Waals surface area contributed by atoms with E-state index in [0.29, 0.717) is 0 Å². The van der Waals surface area contributed by atoms with Gasteiger partial charge in [0.25, 0.3) is 5.65 Å². The average molecular weight is 298 g/mol. The number of fused-ring (bicyclic) bond motifs is 8. The van der Waals surface area contributed by atoms with Crippen LogP contribution in [0.4, 0.5) is 0 Å². The summed E-state index contributed by atoms with van der Waals surface area (Å²) in [7, 11) is 2.14. The summed E-state index contributed by atoms with van der Waals surface area (Å²) in [4.78, 5) is 4.70. The maximum atomic E-state index is 4.70. The van der Waals surface area contributed by atoms with Crippen LogP contribution in [0.25, 0.3) is 38.5 Å². The van der Waals surface area contributed by atoms with E-state index in [0.717, 1.165) is 5.65 Å². The number of aryl methyl sites for hydroxylation is 2. The van der Waals surface area contributed by atoms with Crippen molar-refractivity contribution >= 4 is 38.5 Å². The van der Waals surface area contributed by atoms with Crippen molar-refractivity contribution in [3.63, 3.8) is 0 Å². The molecule has 0 radical (unpaired) electrons. The van der Waals surface area contributed by atoms with E-state index in [1.165, 1.54) is 38.4 Å². The van der Waals surface area contributed by atoms with Crippen LogP contribution in [0.1, 0.15) is 5.56 Å². The van der Waals surface area contributed by atoms with Gasteiger partial charge in [-0.2, -0.15) is 4.40 Å². The van der Waals surface area contributed by atoms with Crippen molar-refractivity contribution in [3.8, 4) is 0 Å². The van der Waals surface area contributed by atoms with E-state index >= 15 is 0 Å². The minimum atomic E-state index is 1.01. The highest BCUT2D eigenvalue weighted by atomic mass is 15.1. The molecule has 0 aliphatic rings. The molecule has 0 amide bonds. The van der Waals surface area contributed by atoms with Gasteiger partial charge in [0.1, 0.15) is 0 Å². The fraction of sp³-hybridized carbons (Fsp3) is 0.100. The third-order valence-corrected chi connectivity index (χ3v) is 4.80. The highest BCUT2D eigenvalue weighted by Gasteiger charge is 2.24. The number of hydrogen-bond acceptors (Lipinski definition) is 1. The lowest BCUT2D eigenvalue weighted by Crippen LogP contribution is -2.27. The summed E-state index contributed by atoms with van der Waals surface area (Å²) in [5.74, 6) is 0. The Labute approximate surface area is 133 Å². The minimum absolute atomic E-state index is 1.01. The van der Waals surface area contributed by atoms with Gasteiger partial charge in [-0.15, -0.1) is 0 Å². The summed E-state index contributed by atoms with van der Waals surface area (Å²) < 4.78 is 4.57. The van der Waals surface area contributed by atoms with Crippen LogP contribution in [0.5, 0.6) is 0 Å². The molecular weight excluding hydrogens is 282 g/mol. The van der Waals surface area contributed by atoms with Crippen molar-refractivity contribution in [3.05, 3.63) is 66.4 Å². The van der Waals surface area contributed by atoms with Crippen LogP contribution in [-0.4, -0.2) is 9.38 Å². The van der Waals surface area contributed by atoms with E-state index in [-0.39, 0.29) is 0 Å². The Morgan fingerprint density at radius 1 is 0.913 bits per heavy atom. The van der Waals surface area contributed by atoms with E-state index in [1.54, 1.807) is 0 Å². The van der Waals surface area contributed by atoms with Crippen LogP contribution >= 0.6 is 0 Å². The fourth-order valence-corrected chi connectivity index (χ4v) is 3.78. The van der Waals surface area contributed by atoms with E-state index < -0.39 is 0 Å². The Balaban J connectivity index is 2.30. The summed E-state index contributed by atoms with van der Waals surface area (Å²) in [6.07, 6.45) is 1.87.